The van der Waals surface area contributed by atoms with Gasteiger partial charge in [-0.05, 0) is 56.2 Å². The number of carbonyl (C=O) groups excluding carboxylic acids is 1. The molecule has 27 heavy (non-hydrogen) atoms. The molecule has 0 N–H and O–H groups in total. The van der Waals surface area contributed by atoms with Gasteiger partial charge in [-0.1, -0.05) is 35.9 Å². The van der Waals surface area contributed by atoms with Crippen LogP contribution in [-0.2, 0) is 13.0 Å². The zero-order valence-electron chi connectivity index (χ0n) is 15.3. The van der Waals surface area contributed by atoms with Crippen LogP contribution in [0.1, 0.15) is 27.3 Å². The summed E-state index contributed by atoms with van der Waals surface area (Å²) in [5, 5.41) is 0.729. The molecule has 140 valence electrons. The van der Waals surface area contributed by atoms with Gasteiger partial charge in [-0.25, -0.2) is 4.39 Å². The van der Waals surface area contributed by atoms with E-state index in [4.69, 9.17) is 11.6 Å². The van der Waals surface area contributed by atoms with E-state index in [0.717, 1.165) is 29.4 Å². The number of ketones is 1. The van der Waals surface area contributed by atoms with Crippen molar-refractivity contribution in [1.82, 2.24) is 4.57 Å². The summed E-state index contributed by atoms with van der Waals surface area (Å²) in [6.07, 6.45) is 0.866. The molecule has 0 aliphatic carbocycles. The Bertz CT molecular complexity index is 949. The van der Waals surface area contributed by atoms with Gasteiger partial charge >= 0.3 is 0 Å². The van der Waals surface area contributed by atoms with Gasteiger partial charge < -0.3 is 4.57 Å². The second-order valence-electron chi connectivity index (χ2n) is 6.46. The first-order valence-corrected chi connectivity index (χ1v) is 10.1. The summed E-state index contributed by atoms with van der Waals surface area (Å²) in [5.74, 6) is -0.0413. The molecule has 2 aromatic carbocycles. The molecule has 0 aliphatic rings. The number of nitrogens with zero attached hydrogens (tertiary/aromatic N) is 1. The Morgan fingerprint density at radius 3 is 2.52 bits per heavy atom. The van der Waals surface area contributed by atoms with E-state index in [9.17, 15) is 9.18 Å². The van der Waals surface area contributed by atoms with Crippen molar-refractivity contribution < 1.29 is 9.18 Å². The van der Waals surface area contributed by atoms with Crippen LogP contribution < -0.4 is 0 Å². The van der Waals surface area contributed by atoms with Gasteiger partial charge in [-0.3, -0.25) is 4.79 Å². The summed E-state index contributed by atoms with van der Waals surface area (Å²) in [5.41, 5.74) is 3.93. The number of hydrogen-bond donors (Lipinski definition) is 0. The minimum absolute atomic E-state index is 0.0223. The summed E-state index contributed by atoms with van der Waals surface area (Å²) in [4.78, 5) is 13.2. The van der Waals surface area contributed by atoms with Crippen LogP contribution in [0.5, 0.6) is 0 Å². The van der Waals surface area contributed by atoms with Gasteiger partial charge in [-0.2, -0.15) is 0 Å². The Labute approximate surface area is 168 Å². The molecule has 5 heteroatoms. The number of halogens is 2. The maximum absolute atomic E-state index is 13.7. The molecule has 0 aliphatic heterocycles. The fourth-order valence-corrected chi connectivity index (χ4v) is 4.05. The molecule has 3 aromatic rings. The number of thioether (sulfide) groups is 1. The minimum atomic E-state index is -0.288. The molecule has 0 saturated carbocycles. The highest BCUT2D eigenvalue weighted by molar-refractivity contribution is 8.00. The predicted octanol–water partition coefficient (Wildman–Crippen LogP) is 6.12. The van der Waals surface area contributed by atoms with Crippen molar-refractivity contribution in [2.24, 2.45) is 0 Å². The summed E-state index contributed by atoms with van der Waals surface area (Å²) in [7, 11) is 0. The van der Waals surface area contributed by atoms with Crippen LogP contribution in [0, 0.1) is 19.7 Å². The largest absolute Gasteiger partial charge is 0.348 e. The van der Waals surface area contributed by atoms with E-state index in [0.29, 0.717) is 10.5 Å². The smallest absolute Gasteiger partial charge is 0.174 e. The summed E-state index contributed by atoms with van der Waals surface area (Å²) >= 11 is 7.17. The fourth-order valence-electron chi connectivity index (χ4n) is 3.10. The van der Waals surface area contributed by atoms with E-state index in [-0.39, 0.29) is 17.4 Å². The number of aryl methyl sites for hydroxylation is 2. The normalized spacial score (nSPS) is 11.0. The lowest BCUT2D eigenvalue weighted by atomic mass is 10.1. The molecule has 1 heterocycles. The lowest BCUT2D eigenvalue weighted by Crippen LogP contribution is -2.08. The van der Waals surface area contributed by atoms with Gasteiger partial charge in [0.2, 0.25) is 0 Å². The number of Topliss-reactive ketones (excluding diaryl/α,β-unsaturated/α-hetero) is 1. The number of hydrogen-bond acceptors (Lipinski definition) is 2. The number of aromatic nitrogens is 1. The minimum Gasteiger partial charge on any atom is -0.348 e. The maximum atomic E-state index is 13.7. The molecule has 2 nitrogen and oxygen atoms in total. The number of carbonyl (C=O) groups is 1. The SMILES string of the molecule is Cc1cc(C(=O)CSc2ccccc2F)c(C)n1CCc1ccc(Cl)cc1. The molecule has 3 rings (SSSR count). The summed E-state index contributed by atoms with van der Waals surface area (Å²) in [6, 6.07) is 16.3. The van der Waals surface area contributed by atoms with E-state index in [1.165, 1.54) is 23.4 Å². The molecule has 0 radical (unpaired) electrons. The van der Waals surface area contributed by atoms with Gasteiger partial charge in [0, 0.05) is 33.4 Å². The first-order valence-electron chi connectivity index (χ1n) is 8.77. The molecule has 0 saturated heterocycles. The van der Waals surface area contributed by atoms with Crippen molar-refractivity contribution in [3.63, 3.8) is 0 Å². The van der Waals surface area contributed by atoms with E-state index < -0.39 is 0 Å². The van der Waals surface area contributed by atoms with Crippen LogP contribution in [0.15, 0.2) is 59.5 Å². The fraction of sp³-hybridized carbons (Fsp3) is 0.227. The molecule has 0 atom stereocenters. The van der Waals surface area contributed by atoms with Crippen molar-refractivity contribution in [3.8, 4) is 0 Å². The summed E-state index contributed by atoms with van der Waals surface area (Å²) in [6.45, 7) is 4.78. The molecular formula is C22H21ClFNOS. The highest BCUT2D eigenvalue weighted by atomic mass is 35.5. The third-order valence-electron chi connectivity index (χ3n) is 4.61. The standard InChI is InChI=1S/C22H21ClFNOS/c1-15-13-19(21(26)14-27-22-6-4-3-5-20(22)24)16(2)25(15)12-11-17-7-9-18(23)10-8-17/h3-10,13H,11-12,14H2,1-2H3. The van der Waals surface area contributed by atoms with Gasteiger partial charge in [0.05, 0.1) is 5.75 Å². The van der Waals surface area contributed by atoms with E-state index in [1.807, 2.05) is 44.2 Å². The van der Waals surface area contributed by atoms with Crippen LogP contribution in [0.4, 0.5) is 4.39 Å². The highest BCUT2D eigenvalue weighted by Crippen LogP contribution is 2.24. The van der Waals surface area contributed by atoms with E-state index >= 15 is 0 Å². The number of rotatable bonds is 7. The van der Waals surface area contributed by atoms with Crippen molar-refractivity contribution in [3.05, 3.63) is 88.0 Å². The van der Waals surface area contributed by atoms with Gasteiger partial charge in [0.25, 0.3) is 0 Å². The Hall–Kier alpha value is -2.04. The molecule has 0 unspecified atom stereocenters. The van der Waals surface area contributed by atoms with Crippen LogP contribution in [0.2, 0.25) is 5.02 Å². The lowest BCUT2D eigenvalue weighted by Gasteiger charge is -2.10. The predicted molar refractivity (Wildman–Crippen MR) is 111 cm³/mol. The first-order chi connectivity index (χ1) is 13.0. The van der Waals surface area contributed by atoms with Crippen LogP contribution >= 0.6 is 23.4 Å². The number of benzene rings is 2. The van der Waals surface area contributed by atoms with Crippen molar-refractivity contribution >= 4 is 29.1 Å². The van der Waals surface area contributed by atoms with Crippen LogP contribution in [0.25, 0.3) is 0 Å². The summed E-state index contributed by atoms with van der Waals surface area (Å²) < 4.78 is 15.9. The Balaban J connectivity index is 1.68. The third-order valence-corrected chi connectivity index (χ3v) is 5.91. The maximum Gasteiger partial charge on any atom is 0.174 e. The van der Waals surface area contributed by atoms with Gasteiger partial charge in [-0.15, -0.1) is 11.8 Å². The molecular weight excluding hydrogens is 381 g/mol. The van der Waals surface area contributed by atoms with Crippen molar-refractivity contribution in [1.29, 1.82) is 0 Å². The topological polar surface area (TPSA) is 22.0 Å². The molecule has 0 spiro atoms. The molecule has 0 amide bonds. The van der Waals surface area contributed by atoms with Gasteiger partial charge in [0.1, 0.15) is 5.82 Å². The average Bonchev–Trinajstić information content (AvgIpc) is 2.94. The Morgan fingerprint density at radius 1 is 1.11 bits per heavy atom. The third kappa shape index (κ3) is 4.82. The molecule has 0 bridgehead atoms. The zero-order chi connectivity index (χ0) is 19.4. The zero-order valence-corrected chi connectivity index (χ0v) is 16.9. The highest BCUT2D eigenvalue weighted by Gasteiger charge is 2.16. The van der Waals surface area contributed by atoms with Crippen LogP contribution in [0.3, 0.4) is 0 Å². The van der Waals surface area contributed by atoms with Crippen molar-refractivity contribution in [2.75, 3.05) is 5.75 Å². The lowest BCUT2D eigenvalue weighted by molar-refractivity contribution is 0.102. The first kappa shape index (κ1) is 19.7. The second kappa shape index (κ2) is 8.77. The monoisotopic (exact) mass is 401 g/mol. The molecule has 0 fully saturated rings. The second-order valence-corrected chi connectivity index (χ2v) is 7.91. The van der Waals surface area contributed by atoms with Crippen LogP contribution in [-0.4, -0.2) is 16.1 Å². The van der Waals surface area contributed by atoms with E-state index in [2.05, 4.69) is 4.57 Å². The van der Waals surface area contributed by atoms with E-state index in [1.54, 1.807) is 18.2 Å². The Kier molecular flexibility index (Phi) is 6.40. The van der Waals surface area contributed by atoms with Crippen molar-refractivity contribution in [2.45, 2.75) is 31.7 Å². The van der Waals surface area contributed by atoms with Gasteiger partial charge in [0.15, 0.2) is 5.78 Å². The quantitative estimate of drug-likeness (QED) is 0.351. The Morgan fingerprint density at radius 2 is 1.81 bits per heavy atom. The average molecular weight is 402 g/mol. The molecule has 1 aromatic heterocycles.